The average Bonchev–Trinajstić information content (AvgIpc) is 2.52. The molecule has 0 radical (unpaired) electrons. The van der Waals surface area contributed by atoms with Gasteiger partial charge in [-0.25, -0.2) is 0 Å². The summed E-state index contributed by atoms with van der Waals surface area (Å²) >= 11 is 4.05. The van der Waals surface area contributed by atoms with Crippen molar-refractivity contribution in [1.82, 2.24) is 0 Å². The van der Waals surface area contributed by atoms with Crippen molar-refractivity contribution in [2.24, 2.45) is 5.92 Å². The molecule has 0 aromatic heterocycles. The van der Waals surface area contributed by atoms with Gasteiger partial charge in [-0.3, -0.25) is 0 Å². The van der Waals surface area contributed by atoms with E-state index in [1.807, 2.05) is 23.5 Å². The van der Waals surface area contributed by atoms with Crippen LogP contribution in [-0.4, -0.2) is 27.3 Å². The van der Waals surface area contributed by atoms with E-state index >= 15 is 0 Å². The largest absolute Gasteiger partial charge is 0.396 e. The van der Waals surface area contributed by atoms with Gasteiger partial charge in [-0.05, 0) is 6.42 Å². The first-order chi connectivity index (χ1) is 5.25. The quantitative estimate of drug-likeness (QED) is 0.740. The Labute approximate surface area is 77.3 Å². The summed E-state index contributed by atoms with van der Waals surface area (Å²) < 4.78 is 0.328. The lowest BCUT2D eigenvalue weighted by atomic mass is 10.1. The van der Waals surface area contributed by atoms with Crippen LogP contribution >= 0.6 is 23.5 Å². The number of hydrogen-bond donors (Lipinski definition) is 1. The fourth-order valence-electron chi connectivity index (χ4n) is 1.45. The Morgan fingerprint density at radius 1 is 1.45 bits per heavy atom. The second-order valence-corrected chi connectivity index (χ2v) is 6.06. The molecule has 0 amide bonds. The molecule has 0 bridgehead atoms. The molecular weight excluding hydrogens is 176 g/mol. The normalized spacial score (nSPS) is 25.4. The first kappa shape index (κ1) is 9.75. The molecule has 1 fully saturated rings. The molecule has 1 rings (SSSR count). The highest BCUT2D eigenvalue weighted by atomic mass is 32.2. The highest BCUT2D eigenvalue weighted by Crippen LogP contribution is 2.51. The van der Waals surface area contributed by atoms with Gasteiger partial charge in [0.25, 0.3) is 0 Å². The molecule has 0 saturated carbocycles. The summed E-state index contributed by atoms with van der Waals surface area (Å²) in [4.78, 5) is 0. The van der Waals surface area contributed by atoms with Crippen molar-refractivity contribution in [2.75, 3.05) is 18.1 Å². The zero-order valence-corrected chi connectivity index (χ0v) is 8.80. The Kier molecular flexibility index (Phi) is 3.59. The smallest absolute Gasteiger partial charge is 0.0656 e. The third-order valence-corrected chi connectivity index (χ3v) is 6.43. The molecule has 0 spiro atoms. The zero-order valence-electron chi connectivity index (χ0n) is 7.17. The number of aliphatic hydroxyl groups excluding tert-OH is 1. The Morgan fingerprint density at radius 2 is 2.00 bits per heavy atom. The van der Waals surface area contributed by atoms with Crippen LogP contribution in [0.4, 0.5) is 0 Å². The van der Waals surface area contributed by atoms with Crippen LogP contribution in [0.25, 0.3) is 0 Å². The molecule has 66 valence electrons. The lowest BCUT2D eigenvalue weighted by Crippen LogP contribution is -2.28. The monoisotopic (exact) mass is 192 g/mol. The number of hydrogen-bond acceptors (Lipinski definition) is 3. The van der Waals surface area contributed by atoms with E-state index in [2.05, 4.69) is 13.8 Å². The van der Waals surface area contributed by atoms with E-state index in [1.54, 1.807) is 0 Å². The summed E-state index contributed by atoms with van der Waals surface area (Å²) in [5.41, 5.74) is 0. The maximum atomic E-state index is 9.06. The predicted octanol–water partition coefficient (Wildman–Crippen LogP) is 2.20. The molecule has 1 aliphatic heterocycles. The second kappa shape index (κ2) is 4.06. The van der Waals surface area contributed by atoms with Crippen LogP contribution in [0.2, 0.25) is 0 Å². The Bertz CT molecular complexity index is 121. The van der Waals surface area contributed by atoms with E-state index in [9.17, 15) is 0 Å². The van der Waals surface area contributed by atoms with Crippen LogP contribution in [0.3, 0.4) is 0 Å². The van der Waals surface area contributed by atoms with Gasteiger partial charge in [-0.1, -0.05) is 13.8 Å². The van der Waals surface area contributed by atoms with E-state index in [0.717, 1.165) is 0 Å². The number of thioether (sulfide) groups is 2. The van der Waals surface area contributed by atoms with Gasteiger partial charge < -0.3 is 5.11 Å². The summed E-state index contributed by atoms with van der Waals surface area (Å²) in [5, 5.41) is 9.06. The molecule has 0 aromatic carbocycles. The van der Waals surface area contributed by atoms with Crippen molar-refractivity contribution in [3.05, 3.63) is 0 Å². The fourth-order valence-corrected chi connectivity index (χ4v) is 4.76. The molecule has 1 unspecified atom stereocenters. The van der Waals surface area contributed by atoms with Crippen LogP contribution in [-0.2, 0) is 0 Å². The van der Waals surface area contributed by atoms with E-state index in [0.29, 0.717) is 16.6 Å². The first-order valence-corrected chi connectivity index (χ1v) is 6.11. The molecule has 3 heteroatoms. The van der Waals surface area contributed by atoms with Crippen LogP contribution in [0.5, 0.6) is 0 Å². The van der Waals surface area contributed by atoms with Gasteiger partial charge in [0.15, 0.2) is 0 Å². The first-order valence-electron chi connectivity index (χ1n) is 4.14. The van der Waals surface area contributed by atoms with Crippen molar-refractivity contribution in [2.45, 2.75) is 24.3 Å². The maximum absolute atomic E-state index is 9.06. The Balaban J connectivity index is 2.58. The van der Waals surface area contributed by atoms with Gasteiger partial charge in [-0.15, -0.1) is 23.5 Å². The van der Waals surface area contributed by atoms with Gasteiger partial charge in [0.2, 0.25) is 0 Å². The molecule has 1 aliphatic rings. The lowest BCUT2D eigenvalue weighted by Gasteiger charge is -2.31. The third kappa shape index (κ3) is 1.87. The average molecular weight is 192 g/mol. The highest BCUT2D eigenvalue weighted by Gasteiger charge is 2.38. The van der Waals surface area contributed by atoms with Crippen LogP contribution < -0.4 is 0 Å². The van der Waals surface area contributed by atoms with Crippen molar-refractivity contribution in [3.8, 4) is 0 Å². The minimum absolute atomic E-state index is 0.327. The molecule has 1 atom stereocenters. The molecule has 0 aliphatic carbocycles. The van der Waals surface area contributed by atoms with E-state index in [1.165, 1.54) is 17.9 Å². The molecule has 1 saturated heterocycles. The van der Waals surface area contributed by atoms with Gasteiger partial charge in [-0.2, -0.15) is 0 Å². The van der Waals surface area contributed by atoms with Crippen molar-refractivity contribution in [3.63, 3.8) is 0 Å². The van der Waals surface area contributed by atoms with Crippen LogP contribution in [0.15, 0.2) is 0 Å². The van der Waals surface area contributed by atoms with Gasteiger partial charge in [0, 0.05) is 24.0 Å². The maximum Gasteiger partial charge on any atom is 0.0656 e. The third-order valence-electron chi connectivity index (χ3n) is 2.29. The second-order valence-electron chi connectivity index (χ2n) is 2.95. The van der Waals surface area contributed by atoms with Crippen molar-refractivity contribution in [1.29, 1.82) is 0 Å². The SMILES string of the molecule is CCC1(C(C)CO)SCCS1. The topological polar surface area (TPSA) is 20.2 Å². The molecule has 1 N–H and O–H groups in total. The molecular formula is C8H16OS2. The minimum atomic E-state index is 0.327. The molecule has 0 aromatic rings. The molecule has 1 nitrogen and oxygen atoms in total. The lowest BCUT2D eigenvalue weighted by molar-refractivity contribution is 0.227. The van der Waals surface area contributed by atoms with Crippen molar-refractivity contribution >= 4 is 23.5 Å². The van der Waals surface area contributed by atoms with Crippen LogP contribution in [0, 0.1) is 5.92 Å². The summed E-state index contributed by atoms with van der Waals surface area (Å²) in [6.45, 7) is 4.69. The number of rotatable bonds is 3. The standard InChI is InChI=1S/C8H16OS2/c1-3-8(7(2)6-9)10-4-5-11-8/h7,9H,3-6H2,1-2H3. The summed E-state index contributed by atoms with van der Waals surface area (Å²) in [6.07, 6.45) is 1.17. The minimum Gasteiger partial charge on any atom is -0.396 e. The van der Waals surface area contributed by atoms with Gasteiger partial charge in [0.05, 0.1) is 4.08 Å². The summed E-state index contributed by atoms with van der Waals surface area (Å²) in [6, 6.07) is 0. The Hall–Kier alpha value is 0.660. The molecule has 11 heavy (non-hydrogen) atoms. The summed E-state index contributed by atoms with van der Waals surface area (Å²) in [7, 11) is 0. The highest BCUT2D eigenvalue weighted by molar-refractivity contribution is 8.21. The summed E-state index contributed by atoms with van der Waals surface area (Å²) in [5.74, 6) is 2.94. The Morgan fingerprint density at radius 3 is 2.36 bits per heavy atom. The van der Waals surface area contributed by atoms with Gasteiger partial charge in [0.1, 0.15) is 0 Å². The van der Waals surface area contributed by atoms with E-state index in [4.69, 9.17) is 5.11 Å². The number of aliphatic hydroxyl groups is 1. The van der Waals surface area contributed by atoms with Gasteiger partial charge >= 0.3 is 0 Å². The van der Waals surface area contributed by atoms with E-state index < -0.39 is 0 Å². The van der Waals surface area contributed by atoms with Crippen molar-refractivity contribution < 1.29 is 5.11 Å². The fraction of sp³-hybridized carbons (Fsp3) is 1.00. The van der Waals surface area contributed by atoms with E-state index in [-0.39, 0.29) is 0 Å². The zero-order chi connectivity index (χ0) is 8.32. The predicted molar refractivity (Wildman–Crippen MR) is 54.2 cm³/mol. The molecule has 1 heterocycles. The van der Waals surface area contributed by atoms with Crippen LogP contribution in [0.1, 0.15) is 20.3 Å².